The maximum absolute atomic E-state index is 5.89. The SMILES string of the molecule is CC(C)CCC(C)NCc1ccc(C2CC2C)o1. The lowest BCUT2D eigenvalue weighted by atomic mass is 10.0. The van der Waals surface area contributed by atoms with Gasteiger partial charge in [-0.3, -0.25) is 0 Å². The third kappa shape index (κ3) is 3.88. The highest BCUT2D eigenvalue weighted by Gasteiger charge is 2.36. The Bertz CT molecular complexity index is 369. The summed E-state index contributed by atoms with van der Waals surface area (Å²) in [6, 6.07) is 4.85. The first kappa shape index (κ1) is 13.7. The van der Waals surface area contributed by atoms with Crippen LogP contribution in [-0.4, -0.2) is 6.04 Å². The van der Waals surface area contributed by atoms with E-state index in [1.165, 1.54) is 25.0 Å². The summed E-state index contributed by atoms with van der Waals surface area (Å²) in [6.07, 6.45) is 3.83. The van der Waals surface area contributed by atoms with Gasteiger partial charge >= 0.3 is 0 Å². The third-order valence-electron chi connectivity index (χ3n) is 3.96. The Kier molecular flexibility index (Phi) is 4.50. The fourth-order valence-electron chi connectivity index (χ4n) is 2.37. The Balaban J connectivity index is 1.71. The van der Waals surface area contributed by atoms with Crippen LogP contribution in [0.5, 0.6) is 0 Å². The van der Waals surface area contributed by atoms with Crippen molar-refractivity contribution < 1.29 is 4.42 Å². The normalized spacial score (nSPS) is 24.5. The molecule has 2 rings (SSSR count). The Morgan fingerprint density at radius 1 is 1.28 bits per heavy atom. The first-order valence-corrected chi connectivity index (χ1v) is 7.38. The average Bonchev–Trinajstić information content (AvgIpc) is 2.88. The zero-order valence-electron chi connectivity index (χ0n) is 12.2. The van der Waals surface area contributed by atoms with Crippen LogP contribution in [0.1, 0.15) is 64.4 Å². The fourth-order valence-corrected chi connectivity index (χ4v) is 2.37. The van der Waals surface area contributed by atoms with Crippen molar-refractivity contribution in [2.45, 2.75) is 65.5 Å². The Hall–Kier alpha value is -0.760. The van der Waals surface area contributed by atoms with Crippen molar-refractivity contribution in [3.63, 3.8) is 0 Å². The summed E-state index contributed by atoms with van der Waals surface area (Å²) in [5, 5.41) is 3.54. The van der Waals surface area contributed by atoms with Gasteiger partial charge in [-0.1, -0.05) is 20.8 Å². The molecule has 1 saturated carbocycles. The van der Waals surface area contributed by atoms with E-state index in [2.05, 4.69) is 45.1 Å². The van der Waals surface area contributed by atoms with Crippen LogP contribution in [0.25, 0.3) is 0 Å². The summed E-state index contributed by atoms with van der Waals surface area (Å²) in [5.74, 6) is 4.58. The minimum Gasteiger partial charge on any atom is -0.464 e. The Morgan fingerprint density at radius 2 is 2.00 bits per heavy atom. The molecule has 0 radical (unpaired) electrons. The molecule has 0 saturated heterocycles. The molecular weight excluding hydrogens is 222 g/mol. The fraction of sp³-hybridized carbons (Fsp3) is 0.750. The smallest absolute Gasteiger partial charge is 0.117 e. The van der Waals surface area contributed by atoms with Crippen LogP contribution >= 0.6 is 0 Å². The van der Waals surface area contributed by atoms with Gasteiger partial charge in [-0.15, -0.1) is 0 Å². The van der Waals surface area contributed by atoms with E-state index in [4.69, 9.17) is 4.42 Å². The zero-order valence-corrected chi connectivity index (χ0v) is 12.2. The first-order valence-electron chi connectivity index (χ1n) is 7.38. The highest BCUT2D eigenvalue weighted by atomic mass is 16.3. The van der Waals surface area contributed by atoms with E-state index >= 15 is 0 Å². The predicted octanol–water partition coefficient (Wildman–Crippen LogP) is 4.32. The summed E-state index contributed by atoms with van der Waals surface area (Å²) >= 11 is 0. The standard InChI is InChI=1S/C16H27NO/c1-11(2)5-6-13(4)17-10-14-7-8-16(18-14)15-9-12(15)3/h7-8,11-13,15,17H,5-6,9-10H2,1-4H3. The number of furan rings is 1. The largest absolute Gasteiger partial charge is 0.464 e. The van der Waals surface area contributed by atoms with Crippen LogP contribution in [0.15, 0.2) is 16.5 Å². The molecule has 1 aromatic rings. The van der Waals surface area contributed by atoms with Crippen molar-refractivity contribution in [3.05, 3.63) is 23.7 Å². The predicted molar refractivity (Wildman–Crippen MR) is 75.6 cm³/mol. The maximum atomic E-state index is 5.89. The zero-order chi connectivity index (χ0) is 13.1. The molecule has 0 bridgehead atoms. The van der Waals surface area contributed by atoms with E-state index in [0.717, 1.165) is 24.1 Å². The lowest BCUT2D eigenvalue weighted by molar-refractivity contribution is 0.404. The highest BCUT2D eigenvalue weighted by molar-refractivity contribution is 5.17. The van der Waals surface area contributed by atoms with Crippen LogP contribution < -0.4 is 5.32 Å². The molecule has 2 heteroatoms. The molecule has 3 atom stereocenters. The van der Waals surface area contributed by atoms with Gasteiger partial charge in [-0.25, -0.2) is 0 Å². The van der Waals surface area contributed by atoms with Crippen molar-refractivity contribution in [2.75, 3.05) is 0 Å². The molecule has 1 N–H and O–H groups in total. The van der Waals surface area contributed by atoms with E-state index in [1.54, 1.807) is 0 Å². The van der Waals surface area contributed by atoms with Gasteiger partial charge in [0.25, 0.3) is 0 Å². The van der Waals surface area contributed by atoms with Gasteiger partial charge in [0.2, 0.25) is 0 Å². The van der Waals surface area contributed by atoms with Crippen LogP contribution in [-0.2, 0) is 6.54 Å². The van der Waals surface area contributed by atoms with E-state index in [9.17, 15) is 0 Å². The van der Waals surface area contributed by atoms with Crippen LogP contribution in [0, 0.1) is 11.8 Å². The molecule has 1 aromatic heterocycles. The second kappa shape index (κ2) is 5.92. The van der Waals surface area contributed by atoms with Crippen molar-refractivity contribution in [2.24, 2.45) is 11.8 Å². The van der Waals surface area contributed by atoms with Gasteiger partial charge < -0.3 is 9.73 Å². The average molecular weight is 249 g/mol. The monoisotopic (exact) mass is 249 g/mol. The van der Waals surface area contributed by atoms with Crippen molar-refractivity contribution in [3.8, 4) is 0 Å². The summed E-state index contributed by atoms with van der Waals surface area (Å²) in [5.41, 5.74) is 0. The number of rotatable bonds is 7. The molecule has 3 unspecified atom stereocenters. The Morgan fingerprint density at radius 3 is 2.61 bits per heavy atom. The quantitative estimate of drug-likeness (QED) is 0.778. The number of hydrogen-bond acceptors (Lipinski definition) is 2. The maximum Gasteiger partial charge on any atom is 0.117 e. The van der Waals surface area contributed by atoms with Gasteiger partial charge in [0.1, 0.15) is 11.5 Å². The summed E-state index contributed by atoms with van der Waals surface area (Å²) in [6.45, 7) is 9.97. The van der Waals surface area contributed by atoms with Gasteiger partial charge in [0.15, 0.2) is 0 Å². The van der Waals surface area contributed by atoms with E-state index in [0.29, 0.717) is 12.0 Å². The molecule has 0 spiro atoms. The van der Waals surface area contributed by atoms with Crippen LogP contribution in [0.2, 0.25) is 0 Å². The molecule has 0 aliphatic heterocycles. The summed E-state index contributed by atoms with van der Waals surface area (Å²) in [4.78, 5) is 0. The van der Waals surface area contributed by atoms with Crippen LogP contribution in [0.4, 0.5) is 0 Å². The molecule has 1 aliphatic rings. The third-order valence-corrected chi connectivity index (χ3v) is 3.96. The topological polar surface area (TPSA) is 25.2 Å². The Labute approximate surface area is 111 Å². The molecule has 1 fully saturated rings. The molecule has 0 aromatic carbocycles. The molecular formula is C16H27NO. The van der Waals surface area contributed by atoms with Gasteiger partial charge in [-0.2, -0.15) is 0 Å². The second-order valence-electron chi connectivity index (χ2n) is 6.38. The van der Waals surface area contributed by atoms with Crippen LogP contribution in [0.3, 0.4) is 0 Å². The molecule has 18 heavy (non-hydrogen) atoms. The molecule has 1 heterocycles. The van der Waals surface area contributed by atoms with Gasteiger partial charge in [0.05, 0.1) is 6.54 Å². The molecule has 0 amide bonds. The van der Waals surface area contributed by atoms with Gasteiger partial charge in [-0.05, 0) is 50.2 Å². The van der Waals surface area contributed by atoms with E-state index in [-0.39, 0.29) is 0 Å². The molecule has 102 valence electrons. The van der Waals surface area contributed by atoms with Crippen molar-refractivity contribution in [1.29, 1.82) is 0 Å². The highest BCUT2D eigenvalue weighted by Crippen LogP contribution is 2.47. The van der Waals surface area contributed by atoms with E-state index in [1.807, 2.05) is 0 Å². The minimum absolute atomic E-state index is 0.570. The second-order valence-corrected chi connectivity index (χ2v) is 6.38. The molecule has 2 nitrogen and oxygen atoms in total. The van der Waals surface area contributed by atoms with Gasteiger partial charge in [0, 0.05) is 12.0 Å². The molecule has 1 aliphatic carbocycles. The first-order chi connectivity index (χ1) is 8.56. The lowest BCUT2D eigenvalue weighted by Gasteiger charge is -2.13. The minimum atomic E-state index is 0.570. The van der Waals surface area contributed by atoms with E-state index < -0.39 is 0 Å². The number of nitrogens with one attached hydrogen (secondary N) is 1. The summed E-state index contributed by atoms with van der Waals surface area (Å²) in [7, 11) is 0. The lowest BCUT2D eigenvalue weighted by Crippen LogP contribution is -2.25. The number of hydrogen-bond donors (Lipinski definition) is 1. The van der Waals surface area contributed by atoms with Crippen molar-refractivity contribution >= 4 is 0 Å². The van der Waals surface area contributed by atoms with Crippen molar-refractivity contribution in [1.82, 2.24) is 5.32 Å². The summed E-state index contributed by atoms with van der Waals surface area (Å²) < 4.78 is 5.89.